The average Bonchev–Trinajstić information content (AvgIpc) is 2.80. The topological polar surface area (TPSA) is 12.9 Å². The molecule has 1 aromatic rings. The van der Waals surface area contributed by atoms with Crippen LogP contribution in [0.25, 0.3) is 0 Å². The Balaban J connectivity index is 1.29. The standard InChI is InChI=1S/C29H49N/c1-3-5-7-9-24-11-17-27(18-12-24)28-19-13-25(14-20-28)15-21-29-22-16-26(23-30-29)10-8-6-4-2/h16,22-25,27-28H,3-15,17-21H2,1-2H3/t24-,25-,27-,28-. The molecule has 1 nitrogen and oxygen atoms in total. The lowest BCUT2D eigenvalue weighted by Gasteiger charge is -2.38. The first-order valence-electron chi connectivity index (χ1n) is 13.7. The summed E-state index contributed by atoms with van der Waals surface area (Å²) in [7, 11) is 0. The molecule has 0 bridgehead atoms. The number of nitrogens with zero attached hydrogens (tertiary/aromatic N) is 1. The van der Waals surface area contributed by atoms with Crippen molar-refractivity contribution in [1.29, 1.82) is 0 Å². The maximum absolute atomic E-state index is 4.76. The van der Waals surface area contributed by atoms with E-state index in [1.807, 2.05) is 0 Å². The molecule has 1 aromatic heterocycles. The highest BCUT2D eigenvalue weighted by atomic mass is 14.7. The number of aromatic nitrogens is 1. The molecule has 0 saturated heterocycles. The highest BCUT2D eigenvalue weighted by molar-refractivity contribution is 5.14. The van der Waals surface area contributed by atoms with Crippen molar-refractivity contribution >= 4 is 0 Å². The summed E-state index contributed by atoms with van der Waals surface area (Å²) < 4.78 is 0. The summed E-state index contributed by atoms with van der Waals surface area (Å²) in [5.41, 5.74) is 2.74. The van der Waals surface area contributed by atoms with Gasteiger partial charge >= 0.3 is 0 Å². The van der Waals surface area contributed by atoms with Crippen molar-refractivity contribution in [3.8, 4) is 0 Å². The summed E-state index contributed by atoms with van der Waals surface area (Å²) in [4.78, 5) is 4.76. The van der Waals surface area contributed by atoms with E-state index in [-0.39, 0.29) is 0 Å². The third kappa shape index (κ3) is 8.01. The average molecular weight is 412 g/mol. The Bertz CT molecular complexity index is 546. The van der Waals surface area contributed by atoms with Crippen LogP contribution in [0.4, 0.5) is 0 Å². The van der Waals surface area contributed by atoms with Gasteiger partial charge in [-0.15, -0.1) is 0 Å². The molecule has 0 N–H and O–H groups in total. The van der Waals surface area contributed by atoms with E-state index in [2.05, 4.69) is 32.2 Å². The number of unbranched alkanes of at least 4 members (excludes halogenated alkanes) is 4. The van der Waals surface area contributed by atoms with Crippen molar-refractivity contribution in [3.05, 3.63) is 29.6 Å². The van der Waals surface area contributed by atoms with Crippen LogP contribution in [0.5, 0.6) is 0 Å². The van der Waals surface area contributed by atoms with Crippen LogP contribution in [-0.4, -0.2) is 4.98 Å². The second-order valence-electron chi connectivity index (χ2n) is 10.7. The number of aryl methyl sites for hydroxylation is 2. The van der Waals surface area contributed by atoms with Crippen LogP contribution in [-0.2, 0) is 12.8 Å². The van der Waals surface area contributed by atoms with Crippen molar-refractivity contribution < 1.29 is 0 Å². The molecule has 1 heterocycles. The van der Waals surface area contributed by atoms with Gasteiger partial charge in [0.25, 0.3) is 0 Å². The molecule has 0 spiro atoms. The SMILES string of the molecule is CCCCCc1ccc(CC[C@H]2CC[C@H]([C@H]3CC[C@H](CCCCC)CC3)CC2)nc1. The normalized spacial score (nSPS) is 27.3. The lowest BCUT2D eigenvalue weighted by molar-refractivity contribution is 0.140. The lowest BCUT2D eigenvalue weighted by atomic mass is 9.68. The van der Waals surface area contributed by atoms with Crippen LogP contribution in [0.2, 0.25) is 0 Å². The van der Waals surface area contributed by atoms with E-state index in [1.54, 1.807) is 12.8 Å². The summed E-state index contributed by atoms with van der Waals surface area (Å²) in [6.45, 7) is 4.60. The number of pyridine rings is 1. The van der Waals surface area contributed by atoms with Gasteiger partial charge in [-0.2, -0.15) is 0 Å². The minimum atomic E-state index is 0.956. The number of rotatable bonds is 12. The van der Waals surface area contributed by atoms with E-state index in [0.29, 0.717) is 0 Å². The Hall–Kier alpha value is -0.850. The van der Waals surface area contributed by atoms with Crippen LogP contribution < -0.4 is 0 Å². The first-order chi connectivity index (χ1) is 14.8. The quantitative estimate of drug-likeness (QED) is 0.313. The maximum atomic E-state index is 4.76. The van der Waals surface area contributed by atoms with Crippen LogP contribution in [0, 0.1) is 23.7 Å². The molecule has 170 valence electrons. The summed E-state index contributed by atoms with van der Waals surface area (Å²) in [5, 5.41) is 0. The number of hydrogen-bond donors (Lipinski definition) is 0. The van der Waals surface area contributed by atoms with Crippen molar-refractivity contribution in [2.75, 3.05) is 0 Å². The molecule has 0 radical (unpaired) electrons. The van der Waals surface area contributed by atoms with Gasteiger partial charge in [-0.05, 0) is 86.7 Å². The highest BCUT2D eigenvalue weighted by Crippen LogP contribution is 2.43. The van der Waals surface area contributed by atoms with E-state index in [0.717, 1.165) is 23.7 Å². The molecule has 2 aliphatic rings. The van der Waals surface area contributed by atoms with E-state index in [9.17, 15) is 0 Å². The predicted octanol–water partition coefficient (Wildman–Crippen LogP) is 8.94. The van der Waals surface area contributed by atoms with Crippen molar-refractivity contribution in [2.24, 2.45) is 23.7 Å². The molecule has 0 aliphatic heterocycles. The molecule has 2 aliphatic carbocycles. The minimum absolute atomic E-state index is 0.956. The molecule has 1 heteroatoms. The third-order valence-electron chi connectivity index (χ3n) is 8.43. The summed E-state index contributed by atoms with van der Waals surface area (Å²) in [6, 6.07) is 4.62. The second-order valence-corrected chi connectivity index (χ2v) is 10.7. The van der Waals surface area contributed by atoms with Gasteiger partial charge in [-0.25, -0.2) is 0 Å². The fourth-order valence-electron chi connectivity index (χ4n) is 6.26. The van der Waals surface area contributed by atoms with Gasteiger partial charge in [0.15, 0.2) is 0 Å². The Kier molecular flexibility index (Phi) is 10.7. The molecule has 30 heavy (non-hydrogen) atoms. The molecular formula is C29H49N. The zero-order valence-electron chi connectivity index (χ0n) is 20.2. The Labute approximate surface area is 187 Å². The first-order valence-corrected chi connectivity index (χ1v) is 13.7. The maximum Gasteiger partial charge on any atom is 0.0403 e. The molecule has 0 unspecified atom stereocenters. The lowest BCUT2D eigenvalue weighted by Crippen LogP contribution is -2.26. The fraction of sp³-hybridized carbons (Fsp3) is 0.828. The van der Waals surface area contributed by atoms with Gasteiger partial charge in [0.1, 0.15) is 0 Å². The van der Waals surface area contributed by atoms with E-state index in [1.165, 1.54) is 114 Å². The van der Waals surface area contributed by atoms with E-state index < -0.39 is 0 Å². The molecule has 2 saturated carbocycles. The molecule has 0 atom stereocenters. The highest BCUT2D eigenvalue weighted by Gasteiger charge is 2.30. The second kappa shape index (κ2) is 13.5. The fourth-order valence-corrected chi connectivity index (χ4v) is 6.26. The molecule has 2 fully saturated rings. The van der Waals surface area contributed by atoms with Crippen LogP contribution in [0.15, 0.2) is 18.3 Å². The summed E-state index contributed by atoms with van der Waals surface area (Å²) in [6.07, 6.45) is 27.8. The molecule has 0 amide bonds. The van der Waals surface area contributed by atoms with Crippen LogP contribution >= 0.6 is 0 Å². The van der Waals surface area contributed by atoms with Crippen molar-refractivity contribution in [3.63, 3.8) is 0 Å². The van der Waals surface area contributed by atoms with Gasteiger partial charge in [0.2, 0.25) is 0 Å². The monoisotopic (exact) mass is 411 g/mol. The number of hydrogen-bond acceptors (Lipinski definition) is 1. The predicted molar refractivity (Wildman–Crippen MR) is 131 cm³/mol. The third-order valence-corrected chi connectivity index (χ3v) is 8.43. The molecular weight excluding hydrogens is 362 g/mol. The van der Waals surface area contributed by atoms with Gasteiger partial charge in [-0.1, -0.05) is 84.1 Å². The molecule has 3 rings (SSSR count). The summed E-state index contributed by atoms with van der Waals surface area (Å²) >= 11 is 0. The Morgan fingerprint density at radius 1 is 0.667 bits per heavy atom. The van der Waals surface area contributed by atoms with Crippen LogP contribution in [0.3, 0.4) is 0 Å². The molecule has 0 aromatic carbocycles. The van der Waals surface area contributed by atoms with Gasteiger partial charge in [0.05, 0.1) is 0 Å². The van der Waals surface area contributed by atoms with Gasteiger partial charge in [-0.3, -0.25) is 4.98 Å². The van der Waals surface area contributed by atoms with Crippen LogP contribution in [0.1, 0.15) is 128 Å². The smallest absolute Gasteiger partial charge is 0.0403 e. The Morgan fingerprint density at radius 3 is 1.83 bits per heavy atom. The minimum Gasteiger partial charge on any atom is -0.261 e. The van der Waals surface area contributed by atoms with E-state index >= 15 is 0 Å². The zero-order chi connectivity index (χ0) is 21.0. The van der Waals surface area contributed by atoms with Crippen molar-refractivity contribution in [1.82, 2.24) is 4.98 Å². The van der Waals surface area contributed by atoms with Gasteiger partial charge in [0, 0.05) is 11.9 Å². The first kappa shape index (κ1) is 23.8. The van der Waals surface area contributed by atoms with E-state index in [4.69, 9.17) is 4.98 Å². The Morgan fingerprint density at radius 2 is 1.27 bits per heavy atom. The summed E-state index contributed by atoms with van der Waals surface area (Å²) in [5.74, 6) is 4.14. The largest absolute Gasteiger partial charge is 0.261 e. The zero-order valence-corrected chi connectivity index (χ0v) is 20.2. The van der Waals surface area contributed by atoms with Gasteiger partial charge < -0.3 is 0 Å². The van der Waals surface area contributed by atoms with Crippen molar-refractivity contribution in [2.45, 2.75) is 129 Å².